The van der Waals surface area contributed by atoms with E-state index >= 15 is 0 Å². The number of rotatable bonds is 3. The second kappa shape index (κ2) is 5.41. The normalized spacial score (nSPS) is 13.3. The molecule has 0 radical (unpaired) electrons. The third-order valence-corrected chi connectivity index (χ3v) is 4.95. The van der Waals surface area contributed by atoms with Crippen molar-refractivity contribution in [3.63, 3.8) is 0 Å². The molecule has 3 heteroatoms. The molecule has 1 aliphatic heterocycles. The summed E-state index contributed by atoms with van der Waals surface area (Å²) < 4.78 is 0. The van der Waals surface area contributed by atoms with Gasteiger partial charge in [0.1, 0.15) is 0 Å². The van der Waals surface area contributed by atoms with Gasteiger partial charge < -0.3 is 5.32 Å². The lowest BCUT2D eigenvalue weighted by molar-refractivity contribution is 1.04. The van der Waals surface area contributed by atoms with E-state index in [1.807, 2.05) is 11.8 Å². The van der Waals surface area contributed by atoms with E-state index in [1.54, 1.807) is 0 Å². The van der Waals surface area contributed by atoms with Crippen LogP contribution in [0.3, 0.4) is 0 Å². The van der Waals surface area contributed by atoms with E-state index in [9.17, 15) is 0 Å². The van der Waals surface area contributed by atoms with E-state index in [2.05, 4.69) is 59.9 Å². The van der Waals surface area contributed by atoms with Crippen molar-refractivity contribution in [1.82, 2.24) is 4.98 Å². The molecule has 0 atom stereocenters. The number of anilines is 1. The highest BCUT2D eigenvalue weighted by molar-refractivity contribution is 7.99. The van der Waals surface area contributed by atoms with Gasteiger partial charge in [-0.2, -0.15) is 0 Å². The number of nitrogens with zero attached hydrogens (tertiary/aromatic N) is 1. The molecule has 4 rings (SSSR count). The van der Waals surface area contributed by atoms with Crippen LogP contribution >= 0.6 is 11.8 Å². The number of aromatic nitrogens is 1. The Kier molecular flexibility index (Phi) is 3.28. The first-order valence-corrected chi connectivity index (χ1v) is 8.22. The Labute approximate surface area is 128 Å². The lowest BCUT2D eigenvalue weighted by Gasteiger charge is -2.14. The van der Waals surface area contributed by atoms with E-state index in [0.717, 1.165) is 24.2 Å². The standard InChI is InChI=1S/C18H16N2S/c1-2-6-13(7-3-1)12-19-17-14-8-4-5-9-15(14)20-16-10-11-21-18(16)17/h1-9H,10-12H2,(H,19,20). The van der Waals surface area contributed by atoms with Crippen LogP contribution in [0.5, 0.6) is 0 Å². The Morgan fingerprint density at radius 1 is 1.00 bits per heavy atom. The summed E-state index contributed by atoms with van der Waals surface area (Å²) in [6.07, 6.45) is 1.07. The molecule has 3 aromatic rings. The van der Waals surface area contributed by atoms with E-state index in [1.165, 1.54) is 27.2 Å². The first kappa shape index (κ1) is 12.7. The van der Waals surface area contributed by atoms with Crippen molar-refractivity contribution >= 4 is 28.4 Å². The number of nitrogens with one attached hydrogen (secondary N) is 1. The van der Waals surface area contributed by atoms with Crippen molar-refractivity contribution < 1.29 is 0 Å². The van der Waals surface area contributed by atoms with Gasteiger partial charge >= 0.3 is 0 Å². The van der Waals surface area contributed by atoms with E-state index in [4.69, 9.17) is 4.98 Å². The molecular formula is C18H16N2S. The first-order valence-electron chi connectivity index (χ1n) is 7.24. The largest absolute Gasteiger partial charge is 0.379 e. The number of fused-ring (bicyclic) bond motifs is 2. The number of pyridine rings is 1. The molecule has 0 saturated heterocycles. The molecule has 1 N–H and O–H groups in total. The summed E-state index contributed by atoms with van der Waals surface area (Å²) in [5, 5.41) is 4.87. The Bertz CT molecular complexity index is 784. The summed E-state index contributed by atoms with van der Waals surface area (Å²) in [5.74, 6) is 1.14. The van der Waals surface area contributed by atoms with Crippen molar-refractivity contribution in [1.29, 1.82) is 0 Å². The third kappa shape index (κ3) is 2.38. The number of benzene rings is 2. The third-order valence-electron chi connectivity index (χ3n) is 3.82. The van der Waals surface area contributed by atoms with Crippen LogP contribution < -0.4 is 5.32 Å². The fourth-order valence-corrected chi connectivity index (χ4v) is 3.92. The monoisotopic (exact) mass is 292 g/mol. The van der Waals surface area contributed by atoms with E-state index in [0.29, 0.717) is 0 Å². The topological polar surface area (TPSA) is 24.9 Å². The predicted octanol–water partition coefficient (Wildman–Crippen LogP) is 4.50. The molecule has 0 saturated carbocycles. The van der Waals surface area contributed by atoms with Crippen LogP contribution in [-0.2, 0) is 13.0 Å². The van der Waals surface area contributed by atoms with Crippen LogP contribution in [0, 0.1) is 0 Å². The predicted molar refractivity (Wildman–Crippen MR) is 89.9 cm³/mol. The summed E-state index contributed by atoms with van der Waals surface area (Å²) in [4.78, 5) is 6.15. The molecule has 1 aliphatic rings. The highest BCUT2D eigenvalue weighted by Gasteiger charge is 2.19. The average molecular weight is 292 g/mol. The SMILES string of the molecule is c1ccc(CNc2c3c(nc4ccccc24)CCS3)cc1. The molecule has 1 aromatic heterocycles. The maximum Gasteiger partial charge on any atom is 0.0726 e. The molecule has 0 fully saturated rings. The van der Waals surface area contributed by atoms with Gasteiger partial charge in [-0.15, -0.1) is 11.8 Å². The first-order chi connectivity index (χ1) is 10.4. The van der Waals surface area contributed by atoms with Crippen molar-refractivity contribution in [2.75, 3.05) is 11.1 Å². The molecule has 104 valence electrons. The Morgan fingerprint density at radius 2 is 1.81 bits per heavy atom. The molecule has 2 nitrogen and oxygen atoms in total. The van der Waals surface area contributed by atoms with Gasteiger partial charge in [0, 0.05) is 24.1 Å². The fourth-order valence-electron chi connectivity index (χ4n) is 2.78. The Balaban J connectivity index is 1.76. The maximum absolute atomic E-state index is 4.81. The minimum atomic E-state index is 0.849. The van der Waals surface area contributed by atoms with Crippen LogP contribution in [-0.4, -0.2) is 10.7 Å². The quantitative estimate of drug-likeness (QED) is 0.769. The molecule has 2 aromatic carbocycles. The van der Waals surface area contributed by atoms with Crippen LogP contribution in [0.1, 0.15) is 11.3 Å². The van der Waals surface area contributed by atoms with Crippen molar-refractivity contribution in [2.24, 2.45) is 0 Å². The van der Waals surface area contributed by atoms with Gasteiger partial charge in [0.05, 0.1) is 21.8 Å². The second-order valence-electron chi connectivity index (χ2n) is 5.22. The van der Waals surface area contributed by atoms with E-state index < -0.39 is 0 Å². The summed E-state index contributed by atoms with van der Waals surface area (Å²) in [5.41, 5.74) is 4.89. The highest BCUT2D eigenvalue weighted by atomic mass is 32.2. The number of thioether (sulfide) groups is 1. The van der Waals surface area contributed by atoms with Gasteiger partial charge in [-0.1, -0.05) is 48.5 Å². The maximum atomic E-state index is 4.81. The minimum absolute atomic E-state index is 0.849. The minimum Gasteiger partial charge on any atom is -0.379 e. The molecule has 0 unspecified atom stereocenters. The van der Waals surface area contributed by atoms with Crippen LogP contribution in [0.25, 0.3) is 10.9 Å². The Hall–Kier alpha value is -2.00. The Morgan fingerprint density at radius 3 is 2.71 bits per heavy atom. The zero-order chi connectivity index (χ0) is 14.1. The van der Waals surface area contributed by atoms with Gasteiger partial charge in [-0.05, 0) is 11.6 Å². The van der Waals surface area contributed by atoms with Gasteiger partial charge in [0.15, 0.2) is 0 Å². The second-order valence-corrected chi connectivity index (χ2v) is 6.32. The summed E-state index contributed by atoms with van der Waals surface area (Å²) in [6.45, 7) is 0.849. The van der Waals surface area contributed by atoms with E-state index in [-0.39, 0.29) is 0 Å². The lowest BCUT2D eigenvalue weighted by atomic mass is 10.1. The van der Waals surface area contributed by atoms with Crippen LogP contribution in [0.15, 0.2) is 59.5 Å². The van der Waals surface area contributed by atoms with Gasteiger partial charge in [-0.3, -0.25) is 4.98 Å². The van der Waals surface area contributed by atoms with Crippen LogP contribution in [0.2, 0.25) is 0 Å². The number of para-hydroxylation sites is 1. The van der Waals surface area contributed by atoms with Crippen molar-refractivity contribution in [2.45, 2.75) is 17.9 Å². The fraction of sp³-hybridized carbons (Fsp3) is 0.167. The zero-order valence-corrected chi connectivity index (χ0v) is 12.5. The molecule has 21 heavy (non-hydrogen) atoms. The number of hydrogen-bond acceptors (Lipinski definition) is 3. The summed E-state index contributed by atoms with van der Waals surface area (Å²) in [6, 6.07) is 18.9. The molecule has 0 spiro atoms. The van der Waals surface area contributed by atoms with Crippen LogP contribution in [0.4, 0.5) is 5.69 Å². The lowest BCUT2D eigenvalue weighted by Crippen LogP contribution is -2.03. The van der Waals surface area contributed by atoms with Gasteiger partial charge in [0.25, 0.3) is 0 Å². The average Bonchev–Trinajstić information content (AvgIpc) is 3.00. The van der Waals surface area contributed by atoms with Crippen molar-refractivity contribution in [3.05, 3.63) is 65.9 Å². The summed E-state index contributed by atoms with van der Waals surface area (Å²) in [7, 11) is 0. The highest BCUT2D eigenvalue weighted by Crippen LogP contribution is 2.40. The molecule has 0 bridgehead atoms. The number of aryl methyl sites for hydroxylation is 1. The van der Waals surface area contributed by atoms with Gasteiger partial charge in [0.2, 0.25) is 0 Å². The smallest absolute Gasteiger partial charge is 0.0726 e. The molecular weight excluding hydrogens is 276 g/mol. The molecule has 0 aliphatic carbocycles. The zero-order valence-electron chi connectivity index (χ0n) is 11.7. The molecule has 0 amide bonds. The van der Waals surface area contributed by atoms with Gasteiger partial charge in [-0.25, -0.2) is 0 Å². The van der Waals surface area contributed by atoms with Crippen molar-refractivity contribution in [3.8, 4) is 0 Å². The molecule has 2 heterocycles. The number of hydrogen-bond donors (Lipinski definition) is 1. The summed E-state index contributed by atoms with van der Waals surface area (Å²) >= 11 is 1.92.